The molecule has 0 saturated carbocycles. The summed E-state index contributed by atoms with van der Waals surface area (Å²) < 4.78 is 20.4. The molecule has 8 amide bonds. The Morgan fingerprint density at radius 3 is 0.961 bits per heavy atom. The Hall–Kier alpha value is -5.50. The van der Waals surface area contributed by atoms with Gasteiger partial charge in [0.05, 0.1) is 50.6 Å². The van der Waals surface area contributed by atoms with Crippen LogP contribution in [0.5, 0.6) is 0 Å². The van der Waals surface area contributed by atoms with Gasteiger partial charge >= 0.3 is 24.4 Å². The molecule has 0 bridgehead atoms. The van der Waals surface area contributed by atoms with Crippen LogP contribution in [0.1, 0.15) is 150 Å². The molecule has 446 valence electrons. The van der Waals surface area contributed by atoms with Gasteiger partial charge in [-0.2, -0.15) is 0 Å². The average molecular weight is 1100 g/mol. The molecule has 25 heteroatoms. The molecule has 4 rings (SSSR count). The molecular formula is C51H101N9O16. The molecule has 0 aromatic heterocycles. The quantitative estimate of drug-likeness (QED) is 0.0823. The van der Waals surface area contributed by atoms with Crippen molar-refractivity contribution in [1.82, 2.24) is 48.7 Å². The van der Waals surface area contributed by atoms with Gasteiger partial charge in [0.2, 0.25) is 23.6 Å². The fourth-order valence-corrected chi connectivity index (χ4v) is 7.14. The van der Waals surface area contributed by atoms with Crippen molar-refractivity contribution in [1.29, 1.82) is 0 Å². The topological polar surface area (TPSA) is 386 Å². The van der Waals surface area contributed by atoms with Crippen molar-refractivity contribution in [3.63, 3.8) is 0 Å². The van der Waals surface area contributed by atoms with Gasteiger partial charge in [-0.05, 0) is 128 Å². The number of hydrogen-bond donors (Lipinski definition) is 13. The molecule has 0 spiro atoms. The van der Waals surface area contributed by atoms with E-state index in [4.69, 9.17) is 18.9 Å². The Morgan fingerprint density at radius 2 is 0.763 bits per heavy atom. The number of ether oxygens (including phenoxy) is 4. The van der Waals surface area contributed by atoms with E-state index < -0.39 is 70.9 Å². The van der Waals surface area contributed by atoms with Gasteiger partial charge in [0, 0.05) is 49.5 Å². The highest BCUT2D eigenvalue weighted by Gasteiger charge is 2.31. The summed E-state index contributed by atoms with van der Waals surface area (Å²) in [7, 11) is 0. The lowest BCUT2D eigenvalue weighted by Gasteiger charge is -2.23. The minimum absolute atomic E-state index is 0. The summed E-state index contributed by atoms with van der Waals surface area (Å²) in [5.74, 6) is -0.621. The van der Waals surface area contributed by atoms with Gasteiger partial charge < -0.3 is 88.1 Å². The zero-order valence-electron chi connectivity index (χ0n) is 45.1. The van der Waals surface area contributed by atoms with E-state index in [0.717, 1.165) is 19.3 Å². The van der Waals surface area contributed by atoms with Crippen LogP contribution < -0.4 is 48.7 Å². The molecule has 7 atom stereocenters. The number of amides is 8. The van der Waals surface area contributed by atoms with Gasteiger partial charge in [0.1, 0.15) is 22.4 Å². The predicted octanol–water partition coefficient (Wildman–Crippen LogP) is 3.58. The number of rotatable bonds is 15. The lowest BCUT2D eigenvalue weighted by atomic mass is 9.99. The van der Waals surface area contributed by atoms with E-state index in [1.165, 1.54) is 0 Å². The lowest BCUT2D eigenvalue weighted by molar-refractivity contribution is -0.123. The second-order valence-corrected chi connectivity index (χ2v) is 21.7. The molecule has 4 aliphatic rings. The number of aliphatic hydroxyl groups excluding tert-OH is 4. The largest absolute Gasteiger partial charge is 0.444 e. The van der Waals surface area contributed by atoms with Crippen LogP contribution in [-0.4, -0.2) is 168 Å². The summed E-state index contributed by atoms with van der Waals surface area (Å²) in [5.41, 5.74) is -1.74. The average Bonchev–Trinajstić information content (AvgIpc) is 4.04. The number of alkyl carbamates (subject to hydrolysis) is 4. The molecule has 76 heavy (non-hydrogen) atoms. The van der Waals surface area contributed by atoms with Crippen molar-refractivity contribution in [2.75, 3.05) is 52.6 Å². The monoisotopic (exact) mass is 1100 g/mol. The van der Waals surface area contributed by atoms with Gasteiger partial charge in [-0.25, -0.2) is 19.2 Å². The Balaban J connectivity index is -0.000000447. The molecule has 0 radical (unpaired) electrons. The van der Waals surface area contributed by atoms with Crippen molar-refractivity contribution in [2.45, 2.75) is 197 Å². The molecule has 0 aliphatic carbocycles. The van der Waals surface area contributed by atoms with E-state index in [0.29, 0.717) is 57.4 Å². The smallest absolute Gasteiger partial charge is 0.408 e. The molecule has 25 nitrogen and oxygen atoms in total. The van der Waals surface area contributed by atoms with Crippen molar-refractivity contribution in [2.24, 2.45) is 17.8 Å². The highest BCUT2D eigenvalue weighted by Crippen LogP contribution is 2.19. The molecule has 4 fully saturated rings. The van der Waals surface area contributed by atoms with Crippen LogP contribution in [0.25, 0.3) is 0 Å². The van der Waals surface area contributed by atoms with Crippen LogP contribution >= 0.6 is 0 Å². The van der Waals surface area contributed by atoms with E-state index in [2.05, 4.69) is 42.5 Å². The number of carbonyl (C=O) groups is 8. The lowest BCUT2D eigenvalue weighted by Crippen LogP contribution is -2.42. The molecule has 0 aromatic carbocycles. The van der Waals surface area contributed by atoms with Crippen LogP contribution in [0.4, 0.5) is 19.2 Å². The first-order valence-electron chi connectivity index (χ1n) is 24.5. The fraction of sp³-hybridized carbons (Fsp3) is 0.804. The number of nitrogens with one attached hydrogen (secondary N) is 8. The second kappa shape index (κ2) is 36.5. The molecule has 4 heterocycles. The fourth-order valence-electron chi connectivity index (χ4n) is 7.14. The maximum absolute atomic E-state index is 11.5. The van der Waals surface area contributed by atoms with Crippen LogP contribution in [0, 0.1) is 17.8 Å². The molecule has 0 aromatic rings. The van der Waals surface area contributed by atoms with Gasteiger partial charge in [-0.1, -0.05) is 28.4 Å². The summed E-state index contributed by atoms with van der Waals surface area (Å²) in [6.45, 7) is 22.9. The van der Waals surface area contributed by atoms with Crippen LogP contribution in [0.2, 0.25) is 0 Å². The molecule has 4 aliphatic heterocycles. The minimum atomic E-state index is -0.614. The summed E-state index contributed by atoms with van der Waals surface area (Å²) >= 11 is 0. The molecule has 4 saturated heterocycles. The summed E-state index contributed by atoms with van der Waals surface area (Å²) in [5, 5.41) is 57.9. The maximum atomic E-state index is 11.5. The Bertz CT molecular complexity index is 1660. The number of hydrogen-bond acceptors (Lipinski definition) is 17. The Kier molecular flexibility index (Phi) is 37.0. The van der Waals surface area contributed by atoms with Crippen LogP contribution in [0.3, 0.4) is 0 Å². The Labute approximate surface area is 452 Å². The number of aliphatic hydroxyl groups is 4. The number of carbonyl (C=O) groups excluding carboxylic acids is 8. The third kappa shape index (κ3) is 34.9. The van der Waals surface area contributed by atoms with Crippen LogP contribution in [-0.2, 0) is 38.1 Å². The Morgan fingerprint density at radius 1 is 0.487 bits per heavy atom. The normalized spacial score (nSPS) is 19.8. The van der Waals surface area contributed by atoms with E-state index in [1.54, 1.807) is 89.2 Å². The highest BCUT2D eigenvalue weighted by atomic mass is 16.6. The minimum Gasteiger partial charge on any atom is -0.444 e. The summed E-state index contributed by atoms with van der Waals surface area (Å²) in [6.07, 6.45) is 3.36. The summed E-state index contributed by atoms with van der Waals surface area (Å²) in [4.78, 5) is 91.7. The van der Waals surface area contributed by atoms with E-state index in [1.807, 2.05) is 0 Å². The van der Waals surface area contributed by atoms with Gasteiger partial charge in [0.25, 0.3) is 0 Å². The summed E-state index contributed by atoms with van der Waals surface area (Å²) in [6, 6.07) is -1.96. The van der Waals surface area contributed by atoms with E-state index in [9.17, 15) is 58.8 Å². The molecule has 15 N–H and O–H groups in total. The van der Waals surface area contributed by atoms with Crippen LogP contribution in [0.15, 0.2) is 11.6 Å². The molecular weight excluding hydrogens is 995 g/mol. The first-order chi connectivity index (χ1) is 33.3. The third-order valence-corrected chi connectivity index (χ3v) is 10.3. The van der Waals surface area contributed by atoms with Gasteiger partial charge in [-0.15, -0.1) is 0 Å². The third-order valence-electron chi connectivity index (χ3n) is 10.3. The van der Waals surface area contributed by atoms with Crippen molar-refractivity contribution < 1.29 is 77.7 Å². The maximum Gasteiger partial charge on any atom is 0.408 e. The molecule has 1 unspecified atom stereocenters. The van der Waals surface area contributed by atoms with Crippen molar-refractivity contribution in [3.05, 3.63) is 11.6 Å². The standard InChI is InChI=1S/3C12H22N2O4.C12H20N2O4.3CH4.H3N/c4*1-12(2,3)18-11(17)14-9(7-15)6-8-4-5-13-10(8)16;;;;/h3*8-9,15H,4-7H2,1-3H3,(H,13,16)(H,14,17);6,9,15H,4-5,7H2,1-3H3,(H,13,16)(H,14,17);3*1H4;1H3/b;;;8-6+;;;;/t8?,9-;8-,9+;8-,9-;9-;;;;/m0100..../s1. The second-order valence-electron chi connectivity index (χ2n) is 21.7. The van der Waals surface area contributed by atoms with Gasteiger partial charge in [-0.3, -0.25) is 19.2 Å². The first kappa shape index (κ1) is 77.0. The van der Waals surface area contributed by atoms with Crippen molar-refractivity contribution >= 4 is 48.0 Å². The van der Waals surface area contributed by atoms with Crippen molar-refractivity contribution in [3.8, 4) is 0 Å². The predicted molar refractivity (Wildman–Crippen MR) is 289 cm³/mol. The van der Waals surface area contributed by atoms with E-state index in [-0.39, 0.29) is 96.2 Å². The van der Waals surface area contributed by atoms with E-state index >= 15 is 0 Å². The zero-order valence-corrected chi connectivity index (χ0v) is 45.1. The zero-order chi connectivity index (χ0) is 55.0. The SMILES string of the molecule is C.C.C.CC(C)(C)OC(=O)N[C@@H](/C=C1\CCNC1=O)CO.CC(C)(C)OC(=O)N[C@H](CO)CC1CCNC1=O.CC(C)(C)OC(=O)N[C@H](CO)C[C@@H]1CCNC1=O.CC(C)(C)OC(=O)N[C@H](CO)C[C@H]1CCNC1=O.N. The van der Waals surface area contributed by atoms with Gasteiger partial charge in [0.15, 0.2) is 0 Å². The highest BCUT2D eigenvalue weighted by molar-refractivity contribution is 5.95. The first-order valence-corrected chi connectivity index (χ1v) is 24.5.